The number of halogens is 1. The van der Waals surface area contributed by atoms with Crippen LogP contribution in [0.4, 0.5) is 10.1 Å². The Morgan fingerprint density at radius 3 is 2.78 bits per heavy atom. The average Bonchev–Trinajstić information content (AvgIpc) is 2.36. The first-order valence-corrected chi connectivity index (χ1v) is 6.56. The van der Waals surface area contributed by atoms with E-state index in [4.69, 9.17) is 0 Å². The van der Waals surface area contributed by atoms with Crippen LogP contribution in [0, 0.1) is 5.82 Å². The largest absolute Gasteiger partial charge is 0.390 e. The molecule has 0 aromatic heterocycles. The van der Waals surface area contributed by atoms with E-state index in [1.54, 1.807) is 6.07 Å². The normalized spacial score (nSPS) is 12.4. The lowest BCUT2D eigenvalue weighted by atomic mass is 10.2. The summed E-state index contributed by atoms with van der Waals surface area (Å²) < 4.78 is 13.1. The van der Waals surface area contributed by atoms with Gasteiger partial charge >= 0.3 is 0 Å². The van der Waals surface area contributed by atoms with Gasteiger partial charge in [-0.15, -0.1) is 0 Å². The Morgan fingerprint density at radius 1 is 1.39 bits per heavy atom. The lowest BCUT2D eigenvalue weighted by Crippen LogP contribution is -2.38. The Kier molecular flexibility index (Phi) is 6.68. The molecule has 1 unspecified atom stereocenters. The second-order valence-electron chi connectivity index (χ2n) is 4.38. The summed E-state index contributed by atoms with van der Waals surface area (Å²) in [6, 6.07) is 6.47. The van der Waals surface area contributed by atoms with E-state index >= 15 is 0 Å². The van der Waals surface area contributed by atoms with Crippen LogP contribution in [-0.4, -0.2) is 37.4 Å². The van der Waals surface area contributed by atoms with Crippen molar-refractivity contribution in [2.75, 3.05) is 31.1 Å². The minimum absolute atomic E-state index is 0.246. The number of aliphatic hydroxyl groups excluding tert-OH is 1. The maximum absolute atomic E-state index is 13.1. The van der Waals surface area contributed by atoms with Crippen LogP contribution in [0.2, 0.25) is 0 Å². The molecule has 4 heteroatoms. The van der Waals surface area contributed by atoms with Crippen molar-refractivity contribution in [3.8, 4) is 0 Å². The van der Waals surface area contributed by atoms with Crippen molar-refractivity contribution in [3.05, 3.63) is 30.1 Å². The van der Waals surface area contributed by atoms with E-state index in [9.17, 15) is 9.50 Å². The highest BCUT2D eigenvalue weighted by Crippen LogP contribution is 2.15. The number of aliphatic hydroxyl groups is 1. The summed E-state index contributed by atoms with van der Waals surface area (Å²) in [5.74, 6) is -0.246. The van der Waals surface area contributed by atoms with Gasteiger partial charge in [-0.2, -0.15) is 0 Å². The van der Waals surface area contributed by atoms with E-state index in [1.807, 2.05) is 17.9 Å². The summed E-state index contributed by atoms with van der Waals surface area (Å²) in [5.41, 5.74) is 0.812. The number of likely N-dealkylation sites (N-methyl/N-ethyl adjacent to an activating group) is 1. The summed E-state index contributed by atoms with van der Waals surface area (Å²) in [5, 5.41) is 13.1. The first-order valence-electron chi connectivity index (χ1n) is 6.56. The molecule has 2 N–H and O–H groups in total. The Labute approximate surface area is 109 Å². The molecular formula is C14H23FN2O. The van der Waals surface area contributed by atoms with E-state index in [0.717, 1.165) is 25.2 Å². The van der Waals surface area contributed by atoms with Gasteiger partial charge in [-0.25, -0.2) is 4.39 Å². The number of nitrogens with one attached hydrogen (secondary N) is 1. The van der Waals surface area contributed by atoms with Gasteiger partial charge in [-0.3, -0.25) is 0 Å². The average molecular weight is 254 g/mol. The van der Waals surface area contributed by atoms with Crippen LogP contribution >= 0.6 is 0 Å². The van der Waals surface area contributed by atoms with Crippen LogP contribution in [-0.2, 0) is 0 Å². The van der Waals surface area contributed by atoms with Gasteiger partial charge in [0, 0.05) is 25.3 Å². The maximum atomic E-state index is 13.1. The van der Waals surface area contributed by atoms with Gasteiger partial charge in [0.2, 0.25) is 0 Å². The zero-order chi connectivity index (χ0) is 13.4. The molecule has 1 aromatic rings. The molecule has 0 aliphatic rings. The number of benzene rings is 1. The molecule has 0 spiro atoms. The molecule has 1 rings (SSSR count). The zero-order valence-corrected chi connectivity index (χ0v) is 11.2. The summed E-state index contributed by atoms with van der Waals surface area (Å²) in [6.45, 7) is 6.81. The van der Waals surface area contributed by atoms with Gasteiger partial charge in [-0.1, -0.05) is 13.0 Å². The highest BCUT2D eigenvalue weighted by Gasteiger charge is 2.11. The van der Waals surface area contributed by atoms with E-state index < -0.39 is 6.10 Å². The van der Waals surface area contributed by atoms with Crippen molar-refractivity contribution in [2.24, 2.45) is 0 Å². The molecule has 1 atom stereocenters. The Morgan fingerprint density at radius 2 is 2.17 bits per heavy atom. The molecule has 102 valence electrons. The fraction of sp³-hybridized carbons (Fsp3) is 0.571. The van der Waals surface area contributed by atoms with Crippen molar-refractivity contribution < 1.29 is 9.50 Å². The first kappa shape index (κ1) is 14.9. The molecule has 18 heavy (non-hydrogen) atoms. The number of hydrogen-bond acceptors (Lipinski definition) is 3. The third kappa shape index (κ3) is 5.02. The van der Waals surface area contributed by atoms with Crippen LogP contribution in [0.25, 0.3) is 0 Å². The van der Waals surface area contributed by atoms with Crippen LogP contribution in [0.3, 0.4) is 0 Å². The van der Waals surface area contributed by atoms with Gasteiger partial charge in [0.05, 0.1) is 6.10 Å². The predicted octanol–water partition coefficient (Wildman–Crippen LogP) is 2.01. The molecule has 0 fully saturated rings. The Hall–Kier alpha value is -1.13. The molecule has 0 amide bonds. The van der Waals surface area contributed by atoms with Crippen molar-refractivity contribution in [2.45, 2.75) is 26.4 Å². The number of nitrogens with zero attached hydrogens (tertiary/aromatic N) is 1. The van der Waals surface area contributed by atoms with Crippen LogP contribution in [0.5, 0.6) is 0 Å². The topological polar surface area (TPSA) is 35.5 Å². The van der Waals surface area contributed by atoms with Crippen LogP contribution in [0.15, 0.2) is 24.3 Å². The van der Waals surface area contributed by atoms with Crippen LogP contribution < -0.4 is 10.2 Å². The van der Waals surface area contributed by atoms with Crippen LogP contribution in [0.1, 0.15) is 20.3 Å². The minimum atomic E-state index is -0.445. The monoisotopic (exact) mass is 254 g/mol. The fourth-order valence-electron chi connectivity index (χ4n) is 1.85. The highest BCUT2D eigenvalue weighted by molar-refractivity contribution is 5.46. The predicted molar refractivity (Wildman–Crippen MR) is 73.5 cm³/mol. The number of rotatable bonds is 8. The van der Waals surface area contributed by atoms with Gasteiger partial charge in [0.25, 0.3) is 0 Å². The molecule has 0 saturated heterocycles. The van der Waals surface area contributed by atoms with Crippen molar-refractivity contribution in [3.63, 3.8) is 0 Å². The van der Waals surface area contributed by atoms with E-state index in [1.165, 1.54) is 12.1 Å². The molecular weight excluding hydrogens is 231 g/mol. The molecule has 0 aliphatic heterocycles. The standard InChI is InChI=1S/C14H23FN2O/c1-3-8-16-10-14(18)11-17(4-2)13-7-5-6-12(15)9-13/h5-7,9,14,16,18H,3-4,8,10-11H2,1-2H3. The van der Waals surface area contributed by atoms with Crippen molar-refractivity contribution >= 4 is 5.69 Å². The number of hydrogen-bond donors (Lipinski definition) is 2. The van der Waals surface area contributed by atoms with Gasteiger partial charge in [0.15, 0.2) is 0 Å². The molecule has 0 saturated carbocycles. The molecule has 3 nitrogen and oxygen atoms in total. The first-order chi connectivity index (χ1) is 8.67. The lowest BCUT2D eigenvalue weighted by molar-refractivity contribution is 0.177. The van der Waals surface area contributed by atoms with Gasteiger partial charge in [-0.05, 0) is 38.1 Å². The molecule has 0 radical (unpaired) electrons. The smallest absolute Gasteiger partial charge is 0.125 e. The SMILES string of the molecule is CCCNCC(O)CN(CC)c1cccc(F)c1. The zero-order valence-electron chi connectivity index (χ0n) is 11.2. The third-order valence-corrected chi connectivity index (χ3v) is 2.79. The van der Waals surface area contributed by atoms with E-state index in [-0.39, 0.29) is 5.82 Å². The second-order valence-corrected chi connectivity index (χ2v) is 4.38. The summed E-state index contributed by atoms with van der Waals surface area (Å²) in [6.07, 6.45) is 0.605. The van der Waals surface area contributed by atoms with E-state index in [0.29, 0.717) is 13.1 Å². The lowest BCUT2D eigenvalue weighted by Gasteiger charge is -2.26. The van der Waals surface area contributed by atoms with E-state index in [2.05, 4.69) is 12.2 Å². The quantitative estimate of drug-likeness (QED) is 0.697. The van der Waals surface area contributed by atoms with Gasteiger partial charge in [0.1, 0.15) is 5.82 Å². The Balaban J connectivity index is 2.51. The minimum Gasteiger partial charge on any atom is -0.390 e. The van der Waals surface area contributed by atoms with Crippen molar-refractivity contribution in [1.82, 2.24) is 5.32 Å². The summed E-state index contributed by atoms with van der Waals surface area (Å²) >= 11 is 0. The summed E-state index contributed by atoms with van der Waals surface area (Å²) in [7, 11) is 0. The molecule has 0 bridgehead atoms. The Bertz CT molecular complexity index is 346. The fourth-order valence-corrected chi connectivity index (χ4v) is 1.85. The third-order valence-electron chi connectivity index (χ3n) is 2.79. The van der Waals surface area contributed by atoms with Crippen molar-refractivity contribution in [1.29, 1.82) is 0 Å². The molecule has 1 aromatic carbocycles. The number of anilines is 1. The summed E-state index contributed by atoms with van der Waals surface area (Å²) in [4.78, 5) is 1.97. The second kappa shape index (κ2) is 8.06. The van der Waals surface area contributed by atoms with Gasteiger partial charge < -0.3 is 15.3 Å². The maximum Gasteiger partial charge on any atom is 0.125 e. The highest BCUT2D eigenvalue weighted by atomic mass is 19.1. The molecule has 0 heterocycles. The molecule has 0 aliphatic carbocycles.